The molecule has 0 aromatic heterocycles. The van der Waals surface area contributed by atoms with Crippen LogP contribution < -0.4 is 4.74 Å². The second kappa shape index (κ2) is 9.60. The smallest absolute Gasteiger partial charge is 0.320 e. The number of carbonyl (C=O) groups excluding carboxylic acids is 2. The maximum Gasteiger partial charge on any atom is 0.320 e. The molecule has 0 saturated carbocycles. The number of ether oxygens (including phenoxy) is 3. The number of esters is 2. The summed E-state index contributed by atoms with van der Waals surface area (Å²) >= 11 is 0. The van der Waals surface area contributed by atoms with Crippen molar-refractivity contribution < 1.29 is 23.8 Å². The van der Waals surface area contributed by atoms with Gasteiger partial charge < -0.3 is 14.2 Å². The third kappa shape index (κ3) is 5.60. The molecule has 1 rings (SSSR count). The third-order valence-corrected chi connectivity index (χ3v) is 3.27. The molecule has 1 aromatic rings. The maximum atomic E-state index is 11.5. The summed E-state index contributed by atoms with van der Waals surface area (Å²) in [4.78, 5) is 23.0. The van der Waals surface area contributed by atoms with E-state index in [1.807, 2.05) is 36.4 Å². The van der Waals surface area contributed by atoms with Crippen molar-refractivity contribution in [2.24, 2.45) is 5.92 Å². The predicted molar refractivity (Wildman–Crippen MR) is 82.6 cm³/mol. The van der Waals surface area contributed by atoms with Crippen LogP contribution in [-0.4, -0.2) is 33.3 Å². The first-order chi connectivity index (χ1) is 10.6. The van der Waals surface area contributed by atoms with Crippen molar-refractivity contribution in [3.8, 4) is 5.75 Å². The first-order valence-electron chi connectivity index (χ1n) is 7.06. The van der Waals surface area contributed by atoms with Crippen molar-refractivity contribution in [1.82, 2.24) is 0 Å². The van der Waals surface area contributed by atoms with Gasteiger partial charge in [-0.1, -0.05) is 24.3 Å². The van der Waals surface area contributed by atoms with Crippen LogP contribution in [-0.2, 0) is 25.5 Å². The lowest BCUT2D eigenvalue weighted by molar-refractivity contribution is -0.158. The van der Waals surface area contributed by atoms with Crippen molar-refractivity contribution in [3.05, 3.63) is 42.0 Å². The Morgan fingerprint density at radius 2 is 1.59 bits per heavy atom. The molecule has 1 aromatic carbocycles. The van der Waals surface area contributed by atoms with Crippen LogP contribution in [0.3, 0.4) is 0 Å². The number of rotatable bonds is 8. The summed E-state index contributed by atoms with van der Waals surface area (Å²) < 4.78 is 14.3. The van der Waals surface area contributed by atoms with E-state index in [1.54, 1.807) is 7.11 Å². The number of allylic oxidation sites excluding steroid dienone is 2. The molecule has 0 radical (unpaired) electrons. The highest BCUT2D eigenvalue weighted by molar-refractivity contribution is 5.94. The van der Waals surface area contributed by atoms with E-state index in [1.165, 1.54) is 19.8 Å². The van der Waals surface area contributed by atoms with E-state index < -0.39 is 17.9 Å². The Morgan fingerprint density at radius 3 is 2.09 bits per heavy atom. The molecule has 120 valence electrons. The minimum atomic E-state index is -0.896. The summed E-state index contributed by atoms with van der Waals surface area (Å²) in [6, 6.07) is 7.87. The fourth-order valence-electron chi connectivity index (χ4n) is 1.97. The maximum absolute atomic E-state index is 11.5. The predicted octanol–water partition coefficient (Wildman–Crippen LogP) is 2.54. The highest BCUT2D eigenvalue weighted by Crippen LogP contribution is 2.13. The largest absolute Gasteiger partial charge is 0.497 e. The highest BCUT2D eigenvalue weighted by Gasteiger charge is 2.26. The van der Waals surface area contributed by atoms with E-state index in [0.717, 1.165) is 18.6 Å². The number of hydrogen-bond acceptors (Lipinski definition) is 5. The number of benzene rings is 1. The fraction of sp³-hybridized carbons (Fsp3) is 0.412. The lowest BCUT2D eigenvalue weighted by atomic mass is 10.0. The Bertz CT molecular complexity index is 488. The van der Waals surface area contributed by atoms with Gasteiger partial charge in [-0.2, -0.15) is 0 Å². The molecular weight excluding hydrogens is 284 g/mol. The molecule has 0 fully saturated rings. The molecule has 5 nitrogen and oxygen atoms in total. The van der Waals surface area contributed by atoms with E-state index >= 15 is 0 Å². The third-order valence-electron chi connectivity index (χ3n) is 3.27. The van der Waals surface area contributed by atoms with Gasteiger partial charge in [-0.3, -0.25) is 9.59 Å². The zero-order chi connectivity index (χ0) is 16.4. The van der Waals surface area contributed by atoms with Crippen LogP contribution in [0, 0.1) is 5.92 Å². The Balaban J connectivity index is 2.43. The van der Waals surface area contributed by atoms with E-state index in [-0.39, 0.29) is 6.42 Å². The summed E-state index contributed by atoms with van der Waals surface area (Å²) in [7, 11) is 4.15. The van der Waals surface area contributed by atoms with Crippen LogP contribution in [0.15, 0.2) is 36.4 Å². The minimum Gasteiger partial charge on any atom is -0.497 e. The molecule has 0 amide bonds. The van der Waals surface area contributed by atoms with E-state index in [9.17, 15) is 9.59 Å². The number of carbonyl (C=O) groups is 2. The molecule has 0 aliphatic rings. The molecule has 0 atom stereocenters. The van der Waals surface area contributed by atoms with Crippen molar-refractivity contribution in [1.29, 1.82) is 0 Å². The van der Waals surface area contributed by atoms with Crippen LogP contribution in [0.25, 0.3) is 0 Å². The highest BCUT2D eigenvalue weighted by atomic mass is 16.5. The van der Waals surface area contributed by atoms with Gasteiger partial charge in [0, 0.05) is 0 Å². The number of aryl methyl sites for hydroxylation is 1. The van der Waals surface area contributed by atoms with Crippen molar-refractivity contribution >= 4 is 11.9 Å². The van der Waals surface area contributed by atoms with Gasteiger partial charge in [-0.05, 0) is 37.0 Å². The number of hydrogen-bond donors (Lipinski definition) is 0. The summed E-state index contributed by atoms with van der Waals surface area (Å²) in [6.07, 6.45) is 5.73. The molecule has 0 N–H and O–H groups in total. The van der Waals surface area contributed by atoms with Crippen molar-refractivity contribution in [2.45, 2.75) is 19.3 Å². The van der Waals surface area contributed by atoms with Crippen LogP contribution in [0.1, 0.15) is 18.4 Å². The Morgan fingerprint density at radius 1 is 1.00 bits per heavy atom. The van der Waals surface area contributed by atoms with Gasteiger partial charge >= 0.3 is 11.9 Å². The molecule has 0 unspecified atom stereocenters. The van der Waals surface area contributed by atoms with E-state index in [2.05, 4.69) is 9.47 Å². The van der Waals surface area contributed by atoms with E-state index in [4.69, 9.17) is 4.74 Å². The van der Waals surface area contributed by atoms with Crippen LogP contribution in [0.5, 0.6) is 5.75 Å². The van der Waals surface area contributed by atoms with Gasteiger partial charge in [0.15, 0.2) is 5.92 Å². The second-order valence-electron chi connectivity index (χ2n) is 4.69. The van der Waals surface area contributed by atoms with Gasteiger partial charge in [0.25, 0.3) is 0 Å². The van der Waals surface area contributed by atoms with Crippen LogP contribution >= 0.6 is 0 Å². The molecular formula is C17H22O5. The lowest BCUT2D eigenvalue weighted by Gasteiger charge is -2.09. The monoisotopic (exact) mass is 306 g/mol. The normalized spacial score (nSPS) is 10.7. The SMILES string of the molecule is COC(=O)C(C/C=C/CCc1ccc(OC)cc1)C(=O)OC. The molecule has 0 saturated heterocycles. The average Bonchev–Trinajstić information content (AvgIpc) is 2.57. The van der Waals surface area contributed by atoms with Gasteiger partial charge in [-0.25, -0.2) is 0 Å². The van der Waals surface area contributed by atoms with Crippen molar-refractivity contribution in [3.63, 3.8) is 0 Å². The first kappa shape index (κ1) is 17.8. The molecule has 22 heavy (non-hydrogen) atoms. The second-order valence-corrected chi connectivity index (χ2v) is 4.69. The molecule has 0 aliphatic heterocycles. The first-order valence-corrected chi connectivity index (χ1v) is 7.06. The topological polar surface area (TPSA) is 61.8 Å². The minimum absolute atomic E-state index is 0.280. The van der Waals surface area contributed by atoms with Gasteiger partial charge in [-0.15, -0.1) is 0 Å². The summed E-state index contributed by atoms with van der Waals surface area (Å²) in [5.74, 6) is -1.22. The summed E-state index contributed by atoms with van der Waals surface area (Å²) in [5, 5.41) is 0. The zero-order valence-electron chi connectivity index (χ0n) is 13.2. The molecule has 0 spiro atoms. The van der Waals surface area contributed by atoms with Gasteiger partial charge in [0.1, 0.15) is 5.75 Å². The van der Waals surface area contributed by atoms with Crippen molar-refractivity contribution in [2.75, 3.05) is 21.3 Å². The quantitative estimate of drug-likeness (QED) is 0.419. The average molecular weight is 306 g/mol. The molecule has 0 aliphatic carbocycles. The van der Waals surface area contributed by atoms with Crippen LogP contribution in [0.2, 0.25) is 0 Å². The van der Waals surface area contributed by atoms with Gasteiger partial charge in [0.2, 0.25) is 0 Å². The Hall–Kier alpha value is -2.30. The molecule has 5 heteroatoms. The summed E-state index contributed by atoms with van der Waals surface area (Å²) in [6.45, 7) is 0. The fourth-order valence-corrected chi connectivity index (χ4v) is 1.97. The zero-order valence-corrected chi connectivity index (χ0v) is 13.2. The summed E-state index contributed by atoms with van der Waals surface area (Å²) in [5.41, 5.74) is 1.20. The number of methoxy groups -OCH3 is 3. The lowest BCUT2D eigenvalue weighted by Crippen LogP contribution is -2.25. The Labute approximate surface area is 130 Å². The standard InChI is InChI=1S/C17H22O5/c1-20-14-11-9-13(10-12-14)7-5-4-6-8-15(16(18)21-2)17(19)22-3/h4,6,9-12,15H,5,7-8H2,1-3H3/b6-4+. The van der Waals surface area contributed by atoms with E-state index in [0.29, 0.717) is 0 Å². The molecule has 0 heterocycles. The van der Waals surface area contributed by atoms with Gasteiger partial charge in [0.05, 0.1) is 21.3 Å². The molecule has 0 bridgehead atoms. The van der Waals surface area contributed by atoms with Crippen LogP contribution in [0.4, 0.5) is 0 Å². The Kier molecular flexibility index (Phi) is 7.75.